The topological polar surface area (TPSA) is 97.6 Å². The number of anilines is 1. The number of amides is 2. The molecular weight excluding hydrogens is 300 g/mol. The molecule has 0 radical (unpaired) electrons. The Morgan fingerprint density at radius 1 is 1.13 bits per heavy atom. The van der Waals surface area contributed by atoms with E-state index in [0.717, 1.165) is 0 Å². The fraction of sp³-hybridized carbons (Fsp3) is 0.188. The van der Waals surface area contributed by atoms with E-state index in [1.807, 2.05) is 0 Å². The van der Waals surface area contributed by atoms with E-state index >= 15 is 0 Å². The first-order valence-corrected chi connectivity index (χ1v) is 6.99. The van der Waals surface area contributed by atoms with Gasteiger partial charge in [-0.15, -0.1) is 0 Å². The molecule has 1 heterocycles. The van der Waals surface area contributed by atoms with E-state index in [0.29, 0.717) is 6.54 Å². The number of ether oxygens (including phenoxy) is 1. The molecule has 0 atom stereocenters. The Balaban J connectivity index is 2.06. The molecule has 2 rings (SSSR count). The second kappa shape index (κ2) is 7.79. The SMILES string of the molecule is CCNC(=O)COC(=O)c1ccccc1NC(=O)c1ccco1. The van der Waals surface area contributed by atoms with Crippen molar-refractivity contribution < 1.29 is 23.5 Å². The molecule has 0 aliphatic heterocycles. The zero-order chi connectivity index (χ0) is 16.7. The van der Waals surface area contributed by atoms with E-state index in [1.165, 1.54) is 18.4 Å². The highest BCUT2D eigenvalue weighted by Gasteiger charge is 2.17. The molecule has 0 saturated carbocycles. The Labute approximate surface area is 132 Å². The van der Waals surface area contributed by atoms with Crippen LogP contribution in [0.3, 0.4) is 0 Å². The monoisotopic (exact) mass is 316 g/mol. The minimum absolute atomic E-state index is 0.121. The third kappa shape index (κ3) is 4.44. The van der Waals surface area contributed by atoms with Crippen molar-refractivity contribution in [2.75, 3.05) is 18.5 Å². The third-order valence-electron chi connectivity index (χ3n) is 2.85. The van der Waals surface area contributed by atoms with Crippen LogP contribution in [0.4, 0.5) is 5.69 Å². The number of furan rings is 1. The average molecular weight is 316 g/mol. The van der Waals surface area contributed by atoms with Gasteiger partial charge in [0, 0.05) is 6.54 Å². The number of para-hydroxylation sites is 1. The van der Waals surface area contributed by atoms with Crippen LogP contribution in [0.5, 0.6) is 0 Å². The van der Waals surface area contributed by atoms with Crippen molar-refractivity contribution in [3.8, 4) is 0 Å². The normalized spacial score (nSPS) is 9.96. The van der Waals surface area contributed by atoms with Crippen molar-refractivity contribution in [1.29, 1.82) is 0 Å². The summed E-state index contributed by atoms with van der Waals surface area (Å²) in [7, 11) is 0. The lowest BCUT2D eigenvalue weighted by Gasteiger charge is -2.10. The highest BCUT2D eigenvalue weighted by molar-refractivity contribution is 6.06. The number of nitrogens with one attached hydrogen (secondary N) is 2. The van der Waals surface area contributed by atoms with Crippen molar-refractivity contribution in [3.63, 3.8) is 0 Å². The van der Waals surface area contributed by atoms with Crippen LogP contribution in [0.25, 0.3) is 0 Å². The molecular formula is C16H16N2O5. The molecule has 0 bridgehead atoms. The van der Waals surface area contributed by atoms with Crippen LogP contribution < -0.4 is 10.6 Å². The zero-order valence-corrected chi connectivity index (χ0v) is 12.5. The van der Waals surface area contributed by atoms with Crippen molar-refractivity contribution in [2.45, 2.75) is 6.92 Å². The zero-order valence-electron chi connectivity index (χ0n) is 12.5. The van der Waals surface area contributed by atoms with Crippen molar-refractivity contribution >= 4 is 23.5 Å². The Bertz CT molecular complexity index is 694. The summed E-state index contributed by atoms with van der Waals surface area (Å²) < 4.78 is 9.92. The molecule has 2 amide bonds. The Morgan fingerprint density at radius 2 is 1.91 bits per heavy atom. The first kappa shape index (κ1) is 16.3. The van der Waals surface area contributed by atoms with E-state index < -0.39 is 17.8 Å². The molecule has 7 heteroatoms. The van der Waals surface area contributed by atoms with Gasteiger partial charge in [-0.25, -0.2) is 4.79 Å². The molecule has 1 aromatic heterocycles. The van der Waals surface area contributed by atoms with Crippen molar-refractivity contribution in [2.24, 2.45) is 0 Å². The third-order valence-corrected chi connectivity index (χ3v) is 2.85. The summed E-state index contributed by atoms with van der Waals surface area (Å²) in [6, 6.07) is 9.44. The lowest BCUT2D eigenvalue weighted by molar-refractivity contribution is -0.124. The molecule has 2 aromatic rings. The largest absolute Gasteiger partial charge is 0.459 e. The van der Waals surface area contributed by atoms with Gasteiger partial charge in [0.15, 0.2) is 12.4 Å². The maximum absolute atomic E-state index is 12.1. The van der Waals surface area contributed by atoms with Gasteiger partial charge in [-0.2, -0.15) is 0 Å². The van der Waals surface area contributed by atoms with Gasteiger partial charge in [0.2, 0.25) is 0 Å². The molecule has 0 aliphatic carbocycles. The first-order chi connectivity index (χ1) is 11.1. The smallest absolute Gasteiger partial charge is 0.340 e. The van der Waals surface area contributed by atoms with Gasteiger partial charge in [0.05, 0.1) is 17.5 Å². The summed E-state index contributed by atoms with van der Waals surface area (Å²) in [5.74, 6) is -1.46. The highest BCUT2D eigenvalue weighted by Crippen LogP contribution is 2.17. The maximum atomic E-state index is 12.1. The molecule has 120 valence electrons. The molecule has 2 N–H and O–H groups in total. The maximum Gasteiger partial charge on any atom is 0.340 e. The summed E-state index contributed by atoms with van der Waals surface area (Å²) in [5, 5.41) is 5.09. The van der Waals surface area contributed by atoms with Crippen LogP contribution in [-0.4, -0.2) is 30.9 Å². The van der Waals surface area contributed by atoms with Gasteiger partial charge in [-0.3, -0.25) is 9.59 Å². The van der Waals surface area contributed by atoms with Gasteiger partial charge in [0.25, 0.3) is 11.8 Å². The average Bonchev–Trinajstić information content (AvgIpc) is 3.08. The van der Waals surface area contributed by atoms with E-state index in [4.69, 9.17) is 9.15 Å². The minimum Gasteiger partial charge on any atom is -0.459 e. The lowest BCUT2D eigenvalue weighted by atomic mass is 10.1. The predicted molar refractivity (Wildman–Crippen MR) is 82.1 cm³/mol. The van der Waals surface area contributed by atoms with Crippen LogP contribution in [0.1, 0.15) is 27.8 Å². The lowest BCUT2D eigenvalue weighted by Crippen LogP contribution is -2.28. The van der Waals surface area contributed by atoms with Crippen LogP contribution in [0.15, 0.2) is 47.1 Å². The quantitative estimate of drug-likeness (QED) is 0.792. The van der Waals surface area contributed by atoms with Gasteiger partial charge < -0.3 is 19.8 Å². The molecule has 1 aromatic carbocycles. The second-order valence-corrected chi connectivity index (χ2v) is 4.51. The molecule has 7 nitrogen and oxygen atoms in total. The molecule has 0 saturated heterocycles. The first-order valence-electron chi connectivity index (χ1n) is 6.99. The molecule has 0 unspecified atom stereocenters. The number of rotatable bonds is 6. The van der Waals surface area contributed by atoms with Crippen LogP contribution >= 0.6 is 0 Å². The number of likely N-dealkylation sites (N-methyl/N-ethyl adjacent to an activating group) is 1. The van der Waals surface area contributed by atoms with Crippen LogP contribution in [-0.2, 0) is 9.53 Å². The van der Waals surface area contributed by atoms with Crippen molar-refractivity contribution in [3.05, 3.63) is 54.0 Å². The van der Waals surface area contributed by atoms with Crippen molar-refractivity contribution in [1.82, 2.24) is 5.32 Å². The summed E-state index contributed by atoms with van der Waals surface area (Å²) >= 11 is 0. The fourth-order valence-corrected chi connectivity index (χ4v) is 1.82. The van der Waals surface area contributed by atoms with E-state index in [2.05, 4.69) is 10.6 Å². The Morgan fingerprint density at radius 3 is 2.61 bits per heavy atom. The second-order valence-electron chi connectivity index (χ2n) is 4.51. The minimum atomic E-state index is -0.702. The number of benzene rings is 1. The highest BCUT2D eigenvalue weighted by atomic mass is 16.5. The number of hydrogen-bond donors (Lipinski definition) is 2. The van der Waals surface area contributed by atoms with Gasteiger partial charge in [0.1, 0.15) is 0 Å². The van der Waals surface area contributed by atoms with Crippen LogP contribution in [0.2, 0.25) is 0 Å². The van der Waals surface area contributed by atoms with E-state index in [-0.39, 0.29) is 23.6 Å². The Hall–Kier alpha value is -3.09. The predicted octanol–water partition coefficient (Wildman–Crippen LogP) is 1.82. The number of esters is 1. The summed E-state index contributed by atoms with van der Waals surface area (Å²) in [4.78, 5) is 35.4. The number of carbonyl (C=O) groups is 3. The Kier molecular flexibility index (Phi) is 5.51. The molecule has 23 heavy (non-hydrogen) atoms. The van der Waals surface area contributed by atoms with Gasteiger partial charge in [-0.1, -0.05) is 12.1 Å². The summed E-state index contributed by atoms with van der Waals surface area (Å²) in [6.45, 7) is 1.83. The van der Waals surface area contributed by atoms with Gasteiger partial charge >= 0.3 is 5.97 Å². The van der Waals surface area contributed by atoms with E-state index in [1.54, 1.807) is 31.2 Å². The van der Waals surface area contributed by atoms with Gasteiger partial charge in [-0.05, 0) is 31.2 Å². The molecule has 0 aliphatic rings. The summed E-state index contributed by atoms with van der Waals surface area (Å²) in [6.07, 6.45) is 1.38. The number of carbonyl (C=O) groups excluding carboxylic acids is 3. The molecule has 0 spiro atoms. The van der Waals surface area contributed by atoms with E-state index in [9.17, 15) is 14.4 Å². The number of hydrogen-bond acceptors (Lipinski definition) is 5. The molecule has 0 fully saturated rings. The fourth-order valence-electron chi connectivity index (χ4n) is 1.82. The standard InChI is InChI=1S/C16H16N2O5/c1-2-17-14(19)10-23-16(21)11-6-3-4-7-12(11)18-15(20)13-8-5-9-22-13/h3-9H,2,10H2,1H3,(H,17,19)(H,18,20). The van der Waals surface area contributed by atoms with Crippen LogP contribution in [0, 0.1) is 0 Å². The summed E-state index contributed by atoms with van der Waals surface area (Å²) in [5.41, 5.74) is 0.423.